The molecule has 0 saturated heterocycles. The third-order valence-corrected chi connectivity index (χ3v) is 7.73. The van der Waals surface area contributed by atoms with E-state index in [1.54, 1.807) is 35.1 Å². The van der Waals surface area contributed by atoms with Crippen LogP contribution in [0.2, 0.25) is 10.0 Å². The van der Waals surface area contributed by atoms with Gasteiger partial charge in [0.25, 0.3) is 5.91 Å². The lowest BCUT2D eigenvalue weighted by molar-refractivity contribution is -0.0503. The van der Waals surface area contributed by atoms with Crippen LogP contribution in [0.1, 0.15) is 49.0 Å². The van der Waals surface area contributed by atoms with E-state index < -0.39 is 0 Å². The van der Waals surface area contributed by atoms with Gasteiger partial charge in [-0.15, -0.1) is 0 Å². The molecule has 0 aliphatic heterocycles. The number of ether oxygens (including phenoxy) is 1. The maximum Gasteiger partial charge on any atom is 0.271 e. The Labute approximate surface area is 180 Å². The molecule has 1 aromatic heterocycles. The Morgan fingerprint density at radius 2 is 1.83 bits per heavy atom. The zero-order valence-electron chi connectivity index (χ0n) is 16.2. The molecule has 4 saturated carbocycles. The van der Waals surface area contributed by atoms with Crippen molar-refractivity contribution in [3.63, 3.8) is 0 Å². The zero-order valence-corrected chi connectivity index (χ0v) is 17.8. The molecule has 1 aromatic carbocycles. The molecule has 0 radical (unpaired) electrons. The van der Waals surface area contributed by atoms with Crippen molar-refractivity contribution in [1.82, 2.24) is 15.1 Å². The molecule has 4 aliphatic carbocycles. The summed E-state index contributed by atoms with van der Waals surface area (Å²) in [7, 11) is 0. The van der Waals surface area contributed by atoms with E-state index in [0.717, 1.165) is 24.3 Å². The first-order valence-corrected chi connectivity index (χ1v) is 11.1. The summed E-state index contributed by atoms with van der Waals surface area (Å²) in [4.78, 5) is 12.7. The number of aromatic nitrogens is 2. The van der Waals surface area contributed by atoms with Gasteiger partial charge in [-0.25, -0.2) is 4.68 Å². The van der Waals surface area contributed by atoms with Crippen LogP contribution in [0.3, 0.4) is 0 Å². The molecule has 1 amide bonds. The maximum atomic E-state index is 12.7. The Hall–Kier alpha value is -1.72. The monoisotopic (exact) mass is 433 g/mol. The van der Waals surface area contributed by atoms with Gasteiger partial charge >= 0.3 is 0 Å². The number of rotatable bonds is 6. The minimum Gasteiger partial charge on any atom is -0.470 e. The number of carbonyl (C=O) groups is 1. The lowest BCUT2D eigenvalue weighted by Crippen LogP contribution is -2.51. The lowest BCUT2D eigenvalue weighted by Gasteiger charge is -2.56. The van der Waals surface area contributed by atoms with E-state index in [4.69, 9.17) is 27.9 Å². The van der Waals surface area contributed by atoms with E-state index >= 15 is 0 Å². The van der Waals surface area contributed by atoms with E-state index in [1.165, 1.54) is 38.5 Å². The first-order chi connectivity index (χ1) is 14.0. The number of amides is 1. The molecule has 2 aromatic rings. The summed E-state index contributed by atoms with van der Waals surface area (Å²) in [5, 5.41) is 8.32. The SMILES string of the molecule is O=C(NCC12CC3CC(CC(C3)C1)C2)c1ccn(COc2cccc(Cl)c2Cl)n1. The fourth-order valence-electron chi connectivity index (χ4n) is 6.15. The number of carbonyl (C=O) groups excluding carboxylic acids is 1. The van der Waals surface area contributed by atoms with Gasteiger partial charge < -0.3 is 10.1 Å². The molecular weight excluding hydrogens is 409 g/mol. The van der Waals surface area contributed by atoms with Crippen LogP contribution < -0.4 is 10.1 Å². The summed E-state index contributed by atoms with van der Waals surface area (Å²) in [6, 6.07) is 6.95. The number of halogens is 2. The molecule has 4 aliphatic rings. The van der Waals surface area contributed by atoms with Crippen molar-refractivity contribution >= 4 is 29.1 Å². The van der Waals surface area contributed by atoms with E-state index in [1.807, 2.05) is 0 Å². The summed E-state index contributed by atoms with van der Waals surface area (Å²) in [5.74, 6) is 3.02. The van der Waals surface area contributed by atoms with Gasteiger partial charge in [-0.05, 0) is 79.9 Å². The topological polar surface area (TPSA) is 56.2 Å². The molecule has 4 fully saturated rings. The van der Waals surface area contributed by atoms with Crippen LogP contribution in [0.5, 0.6) is 5.75 Å². The second-order valence-corrected chi connectivity index (χ2v) is 9.95. The van der Waals surface area contributed by atoms with E-state index in [2.05, 4.69) is 10.4 Å². The highest BCUT2D eigenvalue weighted by Crippen LogP contribution is 2.59. The van der Waals surface area contributed by atoms with E-state index in [-0.39, 0.29) is 12.6 Å². The average Bonchev–Trinajstić information content (AvgIpc) is 3.15. The Balaban J connectivity index is 1.17. The second kappa shape index (κ2) is 7.51. The lowest BCUT2D eigenvalue weighted by atomic mass is 9.49. The molecule has 5 nitrogen and oxygen atoms in total. The molecule has 1 heterocycles. The van der Waals surface area contributed by atoms with Crippen molar-refractivity contribution in [3.8, 4) is 5.75 Å². The average molecular weight is 434 g/mol. The zero-order chi connectivity index (χ0) is 20.0. The highest BCUT2D eigenvalue weighted by Gasteiger charge is 2.50. The number of hydrogen-bond donors (Lipinski definition) is 1. The molecule has 0 unspecified atom stereocenters. The summed E-state index contributed by atoms with van der Waals surface area (Å²) >= 11 is 12.1. The fourth-order valence-corrected chi connectivity index (χ4v) is 6.50. The van der Waals surface area contributed by atoms with E-state index in [0.29, 0.717) is 26.9 Å². The first-order valence-electron chi connectivity index (χ1n) is 10.4. The van der Waals surface area contributed by atoms with Crippen LogP contribution >= 0.6 is 23.2 Å². The summed E-state index contributed by atoms with van der Waals surface area (Å²) in [5.41, 5.74) is 0.731. The number of hydrogen-bond acceptors (Lipinski definition) is 3. The quantitative estimate of drug-likeness (QED) is 0.682. The van der Waals surface area contributed by atoms with Crippen LogP contribution in [-0.2, 0) is 6.73 Å². The largest absolute Gasteiger partial charge is 0.470 e. The van der Waals surface area contributed by atoms with Gasteiger partial charge in [0.2, 0.25) is 0 Å². The minimum atomic E-state index is -0.111. The van der Waals surface area contributed by atoms with Crippen LogP contribution in [0, 0.1) is 23.2 Å². The predicted molar refractivity (Wildman–Crippen MR) is 112 cm³/mol. The number of nitrogens with one attached hydrogen (secondary N) is 1. The normalized spacial score (nSPS) is 29.8. The molecule has 0 atom stereocenters. The Morgan fingerprint density at radius 1 is 1.14 bits per heavy atom. The van der Waals surface area contributed by atoms with Crippen LogP contribution in [0.25, 0.3) is 0 Å². The predicted octanol–water partition coefficient (Wildman–Crippen LogP) is 5.17. The number of nitrogens with zero attached hydrogens (tertiary/aromatic N) is 2. The molecule has 0 spiro atoms. The summed E-state index contributed by atoms with van der Waals surface area (Å²) in [6.07, 6.45) is 9.81. The van der Waals surface area contributed by atoms with Crippen LogP contribution in [0.15, 0.2) is 30.5 Å². The van der Waals surface area contributed by atoms with Gasteiger partial charge in [0.1, 0.15) is 16.5 Å². The third-order valence-electron chi connectivity index (χ3n) is 6.93. The summed E-state index contributed by atoms with van der Waals surface area (Å²) in [6.45, 7) is 0.930. The van der Waals surface area contributed by atoms with Gasteiger partial charge in [-0.1, -0.05) is 29.3 Å². The van der Waals surface area contributed by atoms with Crippen molar-refractivity contribution in [2.45, 2.75) is 45.3 Å². The van der Waals surface area contributed by atoms with Crippen molar-refractivity contribution in [3.05, 3.63) is 46.2 Å². The Morgan fingerprint density at radius 3 is 2.52 bits per heavy atom. The minimum absolute atomic E-state index is 0.111. The number of benzene rings is 1. The Kier molecular flexibility index (Phi) is 4.99. The first kappa shape index (κ1) is 19.3. The maximum absolute atomic E-state index is 12.7. The van der Waals surface area contributed by atoms with Gasteiger partial charge in [0.15, 0.2) is 6.73 Å². The van der Waals surface area contributed by atoms with Crippen LogP contribution in [-0.4, -0.2) is 22.2 Å². The van der Waals surface area contributed by atoms with Crippen LogP contribution in [0.4, 0.5) is 0 Å². The highest BCUT2D eigenvalue weighted by atomic mass is 35.5. The fraction of sp³-hybridized carbons (Fsp3) is 0.545. The highest BCUT2D eigenvalue weighted by molar-refractivity contribution is 6.42. The van der Waals surface area contributed by atoms with Gasteiger partial charge in [-0.2, -0.15) is 5.10 Å². The van der Waals surface area contributed by atoms with Crippen molar-refractivity contribution in [1.29, 1.82) is 0 Å². The molecule has 7 heteroatoms. The molecule has 6 rings (SSSR count). The standard InChI is InChI=1S/C22H25Cl2N3O2/c23-17-2-1-3-19(20(17)24)29-13-27-5-4-18(26-27)21(28)25-12-22-9-14-6-15(10-22)8-16(7-14)11-22/h1-5,14-16H,6-13H2,(H,25,28). The molecular formula is C22H25Cl2N3O2. The van der Waals surface area contributed by atoms with Gasteiger partial charge in [0.05, 0.1) is 5.02 Å². The molecule has 1 N–H and O–H groups in total. The molecule has 29 heavy (non-hydrogen) atoms. The smallest absolute Gasteiger partial charge is 0.271 e. The second-order valence-electron chi connectivity index (χ2n) is 9.17. The van der Waals surface area contributed by atoms with E-state index in [9.17, 15) is 4.79 Å². The Bertz CT molecular complexity index is 891. The van der Waals surface area contributed by atoms with Crippen molar-refractivity contribution < 1.29 is 9.53 Å². The van der Waals surface area contributed by atoms with Gasteiger partial charge in [-0.3, -0.25) is 4.79 Å². The van der Waals surface area contributed by atoms with Crippen molar-refractivity contribution in [2.75, 3.05) is 6.54 Å². The van der Waals surface area contributed by atoms with Gasteiger partial charge in [0, 0.05) is 12.7 Å². The molecule has 154 valence electrons. The summed E-state index contributed by atoms with van der Waals surface area (Å²) < 4.78 is 7.25. The third kappa shape index (κ3) is 3.87. The van der Waals surface area contributed by atoms with Crippen molar-refractivity contribution in [2.24, 2.45) is 23.2 Å². The molecule has 4 bridgehead atoms.